The van der Waals surface area contributed by atoms with Crippen LogP contribution in [0.3, 0.4) is 0 Å². The monoisotopic (exact) mass is 418 g/mol. The van der Waals surface area contributed by atoms with E-state index in [0.29, 0.717) is 21.1 Å². The largest absolute Gasteiger partial charge is 0.321 e. The second kappa shape index (κ2) is 6.99. The van der Waals surface area contributed by atoms with Gasteiger partial charge in [0.15, 0.2) is 0 Å². The highest BCUT2D eigenvalue weighted by atomic mass is 35.5. The lowest BCUT2D eigenvalue weighted by molar-refractivity contribution is 0.103. The maximum absolute atomic E-state index is 12.8. The average Bonchev–Trinajstić information content (AvgIpc) is 3.30. The van der Waals surface area contributed by atoms with Gasteiger partial charge in [0, 0.05) is 15.8 Å². The first-order chi connectivity index (χ1) is 14.1. The van der Waals surface area contributed by atoms with E-state index in [-0.39, 0.29) is 5.91 Å². The molecule has 1 N–H and O–H groups in total. The Morgan fingerprint density at radius 2 is 1.76 bits per heavy atom. The lowest BCUT2D eigenvalue weighted by atomic mass is 10.2. The van der Waals surface area contributed by atoms with Gasteiger partial charge in [0.05, 0.1) is 10.7 Å². The fourth-order valence-corrected chi connectivity index (χ4v) is 4.55. The molecule has 0 bridgehead atoms. The number of fused-ring (bicyclic) bond motifs is 2. The number of carbonyl (C=O) groups excluding carboxylic acids is 1. The summed E-state index contributed by atoms with van der Waals surface area (Å²) in [5.74, 6) is -0.235. The Morgan fingerprint density at radius 1 is 1.00 bits per heavy atom. The van der Waals surface area contributed by atoms with Crippen molar-refractivity contribution in [2.24, 2.45) is 0 Å². The van der Waals surface area contributed by atoms with Gasteiger partial charge in [0.2, 0.25) is 0 Å². The third-order valence-corrected chi connectivity index (χ3v) is 6.32. The summed E-state index contributed by atoms with van der Waals surface area (Å²) in [7, 11) is 0. The van der Waals surface area contributed by atoms with E-state index in [1.165, 1.54) is 16.9 Å². The molecule has 0 atom stereocenters. The summed E-state index contributed by atoms with van der Waals surface area (Å²) in [6, 6.07) is 21.2. The van der Waals surface area contributed by atoms with Crippen LogP contribution in [0.15, 0.2) is 66.7 Å². The van der Waals surface area contributed by atoms with Gasteiger partial charge in [0.25, 0.3) is 5.91 Å². The number of hydrogen-bond donors (Lipinski definition) is 1. The molecule has 0 spiro atoms. The topological polar surface area (TPSA) is 59.8 Å². The van der Waals surface area contributed by atoms with Crippen molar-refractivity contribution in [3.63, 3.8) is 0 Å². The van der Waals surface area contributed by atoms with Crippen LogP contribution in [0.25, 0.3) is 26.8 Å². The summed E-state index contributed by atoms with van der Waals surface area (Å²) < 4.78 is 0.985. The van der Waals surface area contributed by atoms with Gasteiger partial charge in [-0.3, -0.25) is 4.79 Å². The molecule has 0 aliphatic heterocycles. The molecule has 2 aromatic heterocycles. The van der Waals surface area contributed by atoms with Gasteiger partial charge >= 0.3 is 0 Å². The predicted octanol–water partition coefficient (Wildman–Crippen LogP) is 5.85. The lowest BCUT2D eigenvalue weighted by Crippen LogP contribution is -2.10. The van der Waals surface area contributed by atoms with Crippen molar-refractivity contribution >= 4 is 55.7 Å². The number of carbonyl (C=O) groups is 1. The highest BCUT2D eigenvalue weighted by Crippen LogP contribution is 2.35. The highest BCUT2D eigenvalue weighted by molar-refractivity contribution is 7.21. The van der Waals surface area contributed by atoms with Gasteiger partial charge < -0.3 is 5.32 Å². The van der Waals surface area contributed by atoms with E-state index < -0.39 is 0 Å². The number of aromatic nitrogens is 3. The quantitative estimate of drug-likeness (QED) is 0.400. The second-order valence-electron chi connectivity index (χ2n) is 6.72. The average molecular weight is 419 g/mol. The van der Waals surface area contributed by atoms with E-state index in [1.807, 2.05) is 73.7 Å². The smallest absolute Gasteiger partial charge is 0.267 e. The van der Waals surface area contributed by atoms with Crippen LogP contribution in [-0.4, -0.2) is 20.9 Å². The Balaban J connectivity index is 1.45. The van der Waals surface area contributed by atoms with Crippen LogP contribution in [0.5, 0.6) is 0 Å². The molecule has 1 amide bonds. The molecule has 0 radical (unpaired) electrons. The number of anilines is 1. The van der Waals surface area contributed by atoms with Crippen LogP contribution < -0.4 is 5.32 Å². The summed E-state index contributed by atoms with van der Waals surface area (Å²) >= 11 is 7.80. The standard InChI is InChI=1S/C22H15ClN4OS/c1-13-6-9-15(10-7-13)27-25-17-11-8-14(12-18(17)26-27)24-22(28)21-20(23)16-4-2-3-5-19(16)29-21/h2-12H,1H3,(H,24,28). The number of amides is 1. The summed E-state index contributed by atoms with van der Waals surface area (Å²) in [6.45, 7) is 2.04. The summed E-state index contributed by atoms with van der Waals surface area (Å²) in [5, 5.41) is 13.3. The Bertz CT molecular complexity index is 1370. The van der Waals surface area contributed by atoms with Crippen molar-refractivity contribution in [3.8, 4) is 5.69 Å². The van der Waals surface area contributed by atoms with Crippen molar-refractivity contribution in [2.75, 3.05) is 5.32 Å². The number of benzene rings is 3. The van der Waals surface area contributed by atoms with E-state index in [1.54, 1.807) is 4.80 Å². The van der Waals surface area contributed by atoms with Crippen molar-refractivity contribution in [2.45, 2.75) is 6.92 Å². The molecule has 5 nitrogen and oxygen atoms in total. The fraction of sp³-hybridized carbons (Fsp3) is 0.0455. The lowest BCUT2D eigenvalue weighted by Gasteiger charge is -2.03. The first-order valence-corrected chi connectivity index (χ1v) is 10.2. The molecule has 0 saturated carbocycles. The molecule has 0 aliphatic carbocycles. The van der Waals surface area contributed by atoms with Gasteiger partial charge in [0.1, 0.15) is 15.9 Å². The molecule has 0 unspecified atom stereocenters. The molecule has 0 saturated heterocycles. The zero-order chi connectivity index (χ0) is 20.0. The molecule has 7 heteroatoms. The van der Waals surface area contributed by atoms with Crippen LogP contribution in [0.2, 0.25) is 5.02 Å². The van der Waals surface area contributed by atoms with Crippen molar-refractivity contribution in [1.29, 1.82) is 0 Å². The van der Waals surface area contributed by atoms with Crippen LogP contribution in [0.1, 0.15) is 15.2 Å². The van der Waals surface area contributed by atoms with Gasteiger partial charge in [-0.25, -0.2) is 0 Å². The summed E-state index contributed by atoms with van der Waals surface area (Å²) in [5.41, 5.74) is 4.16. The molecule has 142 valence electrons. The van der Waals surface area contributed by atoms with Crippen LogP contribution >= 0.6 is 22.9 Å². The summed E-state index contributed by atoms with van der Waals surface area (Å²) in [6.07, 6.45) is 0. The van der Waals surface area contributed by atoms with Gasteiger partial charge in [-0.05, 0) is 43.3 Å². The first-order valence-electron chi connectivity index (χ1n) is 9.01. The first kappa shape index (κ1) is 17.8. The Hall–Kier alpha value is -3.22. The highest BCUT2D eigenvalue weighted by Gasteiger charge is 2.17. The van der Waals surface area contributed by atoms with E-state index in [4.69, 9.17) is 11.6 Å². The minimum Gasteiger partial charge on any atom is -0.321 e. The molecule has 3 aromatic carbocycles. The van der Waals surface area contributed by atoms with Crippen molar-refractivity contribution in [1.82, 2.24) is 15.0 Å². The molecule has 29 heavy (non-hydrogen) atoms. The molecule has 0 aliphatic rings. The Kier molecular flexibility index (Phi) is 4.30. The van der Waals surface area contributed by atoms with Crippen molar-refractivity contribution in [3.05, 3.63) is 82.2 Å². The van der Waals surface area contributed by atoms with Gasteiger partial charge in [-0.15, -0.1) is 21.5 Å². The second-order valence-corrected chi connectivity index (χ2v) is 8.15. The van der Waals surface area contributed by atoms with E-state index >= 15 is 0 Å². The number of rotatable bonds is 3. The number of thiophene rings is 1. The maximum Gasteiger partial charge on any atom is 0.267 e. The van der Waals surface area contributed by atoms with Crippen LogP contribution in [0.4, 0.5) is 5.69 Å². The van der Waals surface area contributed by atoms with Crippen molar-refractivity contribution < 1.29 is 4.79 Å². The number of nitrogens with zero attached hydrogens (tertiary/aromatic N) is 3. The number of nitrogens with one attached hydrogen (secondary N) is 1. The molecular weight excluding hydrogens is 404 g/mol. The van der Waals surface area contributed by atoms with Crippen LogP contribution in [0, 0.1) is 6.92 Å². The third-order valence-electron chi connectivity index (χ3n) is 4.64. The van der Waals surface area contributed by atoms with Crippen LogP contribution in [-0.2, 0) is 0 Å². The van der Waals surface area contributed by atoms with E-state index in [0.717, 1.165) is 21.3 Å². The predicted molar refractivity (Wildman–Crippen MR) is 118 cm³/mol. The maximum atomic E-state index is 12.8. The summed E-state index contributed by atoms with van der Waals surface area (Å²) in [4.78, 5) is 14.9. The number of aryl methyl sites for hydroxylation is 1. The molecule has 2 heterocycles. The van der Waals surface area contributed by atoms with E-state index in [9.17, 15) is 4.79 Å². The zero-order valence-corrected chi connectivity index (χ0v) is 17.0. The van der Waals surface area contributed by atoms with Gasteiger partial charge in [-0.1, -0.05) is 47.5 Å². The Labute approximate surface area is 175 Å². The normalized spacial score (nSPS) is 11.2. The minimum atomic E-state index is -0.235. The Morgan fingerprint density at radius 3 is 2.55 bits per heavy atom. The number of hydrogen-bond acceptors (Lipinski definition) is 4. The molecule has 0 fully saturated rings. The van der Waals surface area contributed by atoms with E-state index in [2.05, 4.69) is 15.5 Å². The zero-order valence-electron chi connectivity index (χ0n) is 15.4. The third kappa shape index (κ3) is 3.26. The molecule has 5 rings (SSSR count). The molecule has 5 aromatic rings. The minimum absolute atomic E-state index is 0.235. The van der Waals surface area contributed by atoms with Gasteiger partial charge in [-0.2, -0.15) is 4.80 Å². The molecular formula is C22H15ClN4OS. The SMILES string of the molecule is Cc1ccc(-n2nc3ccc(NC(=O)c4sc5ccccc5c4Cl)cc3n2)cc1. The fourth-order valence-electron chi connectivity index (χ4n) is 3.13. The number of halogens is 1.